The number of carbonyl (C=O) groups is 2. The minimum atomic E-state index is -0.718. The lowest BCUT2D eigenvalue weighted by molar-refractivity contribution is -0.142. The van der Waals surface area contributed by atoms with Gasteiger partial charge in [-0.1, -0.05) is 79.0 Å². The molecule has 3 aromatic rings. The summed E-state index contributed by atoms with van der Waals surface area (Å²) in [5.41, 5.74) is 1.82. The maximum absolute atomic E-state index is 13.6. The van der Waals surface area contributed by atoms with Crippen LogP contribution in [0.2, 0.25) is 10.0 Å². The number of rotatable bonds is 12. The van der Waals surface area contributed by atoms with Crippen LogP contribution in [0.4, 0.5) is 0 Å². The van der Waals surface area contributed by atoms with Crippen LogP contribution in [0.5, 0.6) is 5.75 Å². The second kappa shape index (κ2) is 14.3. The van der Waals surface area contributed by atoms with E-state index in [4.69, 9.17) is 27.9 Å². The molecule has 0 heterocycles. The minimum absolute atomic E-state index is 0.192. The molecule has 190 valence electrons. The van der Waals surface area contributed by atoms with Gasteiger partial charge in [0.15, 0.2) is 6.61 Å². The molecule has 1 N–H and O–H groups in total. The summed E-state index contributed by atoms with van der Waals surface area (Å²) in [7, 11) is 0. The van der Waals surface area contributed by atoms with E-state index in [0.717, 1.165) is 24.0 Å². The Hall–Kier alpha value is -2.54. The van der Waals surface area contributed by atoms with Crippen molar-refractivity contribution in [2.24, 2.45) is 0 Å². The first-order chi connectivity index (χ1) is 17.4. The van der Waals surface area contributed by atoms with Gasteiger partial charge in [-0.2, -0.15) is 0 Å². The highest BCUT2D eigenvalue weighted by atomic mass is 79.9. The predicted molar refractivity (Wildman–Crippen MR) is 149 cm³/mol. The van der Waals surface area contributed by atoms with E-state index in [0.29, 0.717) is 33.2 Å². The number of unbranched alkanes of at least 4 members (excludes halogenated alkanes) is 1. The number of halogens is 3. The molecule has 0 radical (unpaired) electrons. The molecule has 0 bridgehead atoms. The summed E-state index contributed by atoms with van der Waals surface area (Å²) in [5, 5.41) is 4.16. The Morgan fingerprint density at radius 3 is 2.33 bits per heavy atom. The Balaban J connectivity index is 1.88. The monoisotopic (exact) mass is 590 g/mol. The molecule has 0 aliphatic rings. The summed E-state index contributed by atoms with van der Waals surface area (Å²) >= 11 is 15.5. The van der Waals surface area contributed by atoms with Crippen LogP contribution >= 0.6 is 39.1 Å². The molecule has 5 nitrogen and oxygen atoms in total. The predicted octanol–water partition coefficient (Wildman–Crippen LogP) is 6.69. The van der Waals surface area contributed by atoms with E-state index in [9.17, 15) is 9.59 Å². The fourth-order valence-electron chi connectivity index (χ4n) is 3.66. The molecule has 0 unspecified atom stereocenters. The number of nitrogens with zero attached hydrogens (tertiary/aromatic N) is 1. The van der Waals surface area contributed by atoms with Crippen LogP contribution < -0.4 is 10.1 Å². The lowest BCUT2D eigenvalue weighted by atomic mass is 10.0. The summed E-state index contributed by atoms with van der Waals surface area (Å²) in [6.45, 7) is 2.62. The van der Waals surface area contributed by atoms with Crippen LogP contribution in [-0.4, -0.2) is 35.9 Å². The zero-order valence-electron chi connectivity index (χ0n) is 20.1. The zero-order chi connectivity index (χ0) is 25.9. The summed E-state index contributed by atoms with van der Waals surface area (Å²) < 4.78 is 6.46. The number of nitrogens with one attached hydrogen (secondary N) is 1. The first-order valence-corrected chi connectivity index (χ1v) is 13.4. The van der Waals surface area contributed by atoms with E-state index >= 15 is 0 Å². The molecule has 36 heavy (non-hydrogen) atoms. The van der Waals surface area contributed by atoms with Crippen LogP contribution in [0.1, 0.15) is 30.9 Å². The van der Waals surface area contributed by atoms with Crippen molar-refractivity contribution >= 4 is 50.9 Å². The Morgan fingerprint density at radius 1 is 0.972 bits per heavy atom. The minimum Gasteiger partial charge on any atom is -0.483 e. The van der Waals surface area contributed by atoms with Crippen LogP contribution in [0.3, 0.4) is 0 Å². The van der Waals surface area contributed by atoms with E-state index in [1.54, 1.807) is 35.2 Å². The SMILES string of the molecule is CCCCNC(=O)[C@H](Cc1ccccc1)N(Cc1ccc(Cl)cc1)C(=O)COc1ccc(Cl)cc1Br. The van der Waals surface area contributed by atoms with Gasteiger partial charge >= 0.3 is 0 Å². The van der Waals surface area contributed by atoms with E-state index in [-0.39, 0.29) is 25.0 Å². The van der Waals surface area contributed by atoms with Crippen molar-refractivity contribution in [3.05, 3.63) is 98.4 Å². The van der Waals surface area contributed by atoms with E-state index in [1.807, 2.05) is 42.5 Å². The fourth-order valence-corrected chi connectivity index (χ4v) is 4.58. The van der Waals surface area contributed by atoms with Crippen molar-refractivity contribution in [3.63, 3.8) is 0 Å². The van der Waals surface area contributed by atoms with Gasteiger partial charge in [-0.25, -0.2) is 0 Å². The molecule has 0 saturated heterocycles. The van der Waals surface area contributed by atoms with E-state index in [2.05, 4.69) is 28.2 Å². The average molecular weight is 592 g/mol. The average Bonchev–Trinajstić information content (AvgIpc) is 2.87. The van der Waals surface area contributed by atoms with Gasteiger partial charge in [0.05, 0.1) is 4.47 Å². The van der Waals surface area contributed by atoms with Gasteiger partial charge in [0.1, 0.15) is 11.8 Å². The normalized spacial score (nSPS) is 11.6. The second-order valence-electron chi connectivity index (χ2n) is 8.36. The molecule has 0 fully saturated rings. The molecule has 3 rings (SSSR count). The first-order valence-electron chi connectivity index (χ1n) is 11.8. The number of hydrogen-bond acceptors (Lipinski definition) is 3. The topological polar surface area (TPSA) is 58.6 Å². The molecule has 0 aromatic heterocycles. The number of amides is 2. The molecule has 0 spiro atoms. The van der Waals surface area contributed by atoms with Crippen LogP contribution in [0, 0.1) is 0 Å². The third kappa shape index (κ3) is 8.54. The highest BCUT2D eigenvalue weighted by molar-refractivity contribution is 9.10. The molecule has 1 atom stereocenters. The van der Waals surface area contributed by atoms with Crippen molar-refractivity contribution in [2.75, 3.05) is 13.2 Å². The van der Waals surface area contributed by atoms with Crippen molar-refractivity contribution in [1.82, 2.24) is 10.2 Å². The summed E-state index contributed by atoms with van der Waals surface area (Å²) in [4.78, 5) is 28.6. The van der Waals surface area contributed by atoms with Gasteiger partial charge in [0.2, 0.25) is 5.91 Å². The number of ether oxygens (including phenoxy) is 1. The van der Waals surface area contributed by atoms with Gasteiger partial charge < -0.3 is 15.0 Å². The van der Waals surface area contributed by atoms with E-state index < -0.39 is 6.04 Å². The maximum atomic E-state index is 13.6. The lowest BCUT2D eigenvalue weighted by Crippen LogP contribution is -2.51. The third-order valence-corrected chi connectivity index (χ3v) is 6.72. The highest BCUT2D eigenvalue weighted by Crippen LogP contribution is 2.28. The van der Waals surface area contributed by atoms with Gasteiger partial charge in [0.25, 0.3) is 5.91 Å². The Kier molecular flexibility index (Phi) is 11.1. The van der Waals surface area contributed by atoms with Gasteiger partial charge in [-0.05, 0) is 63.8 Å². The molecule has 0 aliphatic heterocycles. The van der Waals surface area contributed by atoms with E-state index in [1.165, 1.54) is 0 Å². The second-order valence-corrected chi connectivity index (χ2v) is 10.1. The Bertz CT molecular complexity index is 1140. The van der Waals surface area contributed by atoms with Gasteiger partial charge in [-0.15, -0.1) is 0 Å². The largest absolute Gasteiger partial charge is 0.483 e. The van der Waals surface area contributed by atoms with Crippen LogP contribution in [-0.2, 0) is 22.6 Å². The molecule has 3 aromatic carbocycles. The number of hydrogen-bond donors (Lipinski definition) is 1. The Morgan fingerprint density at radius 2 is 1.67 bits per heavy atom. The quantitative estimate of drug-likeness (QED) is 0.239. The van der Waals surface area contributed by atoms with Crippen molar-refractivity contribution in [3.8, 4) is 5.75 Å². The highest BCUT2D eigenvalue weighted by Gasteiger charge is 2.30. The smallest absolute Gasteiger partial charge is 0.261 e. The van der Waals surface area contributed by atoms with Gasteiger partial charge in [0, 0.05) is 29.6 Å². The molecular formula is C28H29BrCl2N2O3. The first kappa shape index (κ1) is 28.0. The molecule has 2 amide bonds. The molecular weight excluding hydrogens is 563 g/mol. The number of carbonyl (C=O) groups excluding carboxylic acids is 2. The molecule has 0 saturated carbocycles. The fraction of sp³-hybridized carbons (Fsp3) is 0.286. The van der Waals surface area contributed by atoms with Crippen LogP contribution in [0.25, 0.3) is 0 Å². The Labute approximate surface area is 230 Å². The zero-order valence-corrected chi connectivity index (χ0v) is 23.2. The number of benzene rings is 3. The van der Waals surface area contributed by atoms with Gasteiger partial charge in [-0.3, -0.25) is 9.59 Å². The lowest BCUT2D eigenvalue weighted by Gasteiger charge is -2.31. The molecule has 0 aliphatic carbocycles. The maximum Gasteiger partial charge on any atom is 0.261 e. The molecule has 8 heteroatoms. The van der Waals surface area contributed by atoms with Crippen molar-refractivity contribution in [1.29, 1.82) is 0 Å². The summed E-state index contributed by atoms with van der Waals surface area (Å²) in [5.74, 6) is -0.00753. The van der Waals surface area contributed by atoms with Crippen LogP contribution in [0.15, 0.2) is 77.3 Å². The summed E-state index contributed by atoms with van der Waals surface area (Å²) in [6, 6.07) is 21.3. The van der Waals surface area contributed by atoms with Crippen molar-refractivity contribution < 1.29 is 14.3 Å². The standard InChI is InChI=1S/C28H29BrCl2N2O3/c1-2-3-15-32-28(35)25(16-20-7-5-4-6-8-20)33(18-21-9-11-22(30)12-10-21)27(34)19-36-26-14-13-23(31)17-24(26)29/h4-14,17,25H,2-3,15-16,18-19H2,1H3,(H,32,35)/t25-/m0/s1. The van der Waals surface area contributed by atoms with Crippen molar-refractivity contribution in [2.45, 2.75) is 38.8 Å². The third-order valence-electron chi connectivity index (χ3n) is 5.61. The summed E-state index contributed by atoms with van der Waals surface area (Å²) in [6.07, 6.45) is 2.20.